The summed E-state index contributed by atoms with van der Waals surface area (Å²) in [6, 6.07) is 16.2. The fraction of sp³-hybridized carbons (Fsp3) is 0.296. The van der Waals surface area contributed by atoms with Crippen LogP contribution in [0.2, 0.25) is 0 Å². The van der Waals surface area contributed by atoms with Crippen molar-refractivity contribution in [2.24, 2.45) is 16.1 Å². The Morgan fingerprint density at radius 1 is 1.20 bits per heavy atom. The van der Waals surface area contributed by atoms with Gasteiger partial charge in [-0.3, -0.25) is 0 Å². The third-order valence-electron chi connectivity index (χ3n) is 6.14. The molecule has 1 aromatic carbocycles. The van der Waals surface area contributed by atoms with Crippen molar-refractivity contribution in [1.29, 1.82) is 0 Å². The maximum absolute atomic E-state index is 13.1. The highest BCUT2D eigenvalue weighted by Crippen LogP contribution is 2.40. The van der Waals surface area contributed by atoms with Crippen LogP contribution in [-0.2, 0) is 16.1 Å². The monoisotopic (exact) mass is 488 g/mol. The summed E-state index contributed by atoms with van der Waals surface area (Å²) < 4.78 is 7.60. The normalized spacial score (nSPS) is 19.8. The molecule has 180 valence electrons. The largest absolute Gasteiger partial charge is 0.463 e. The predicted molar refractivity (Wildman–Crippen MR) is 137 cm³/mol. The van der Waals surface area contributed by atoms with Crippen molar-refractivity contribution in [1.82, 2.24) is 4.98 Å². The molecule has 0 spiro atoms. The van der Waals surface area contributed by atoms with Crippen molar-refractivity contribution in [3.63, 3.8) is 0 Å². The Morgan fingerprint density at radius 2 is 1.94 bits per heavy atom. The highest BCUT2D eigenvalue weighted by atomic mass is 32.1. The fourth-order valence-electron chi connectivity index (χ4n) is 4.02. The van der Waals surface area contributed by atoms with Gasteiger partial charge in [-0.15, -0.1) is 16.5 Å². The summed E-state index contributed by atoms with van der Waals surface area (Å²) in [5.74, 6) is -0.489. The first-order chi connectivity index (χ1) is 17.0. The van der Waals surface area contributed by atoms with Crippen LogP contribution in [0.4, 0.5) is 10.8 Å². The van der Waals surface area contributed by atoms with Crippen LogP contribution in [0, 0.1) is 5.92 Å². The van der Waals surface area contributed by atoms with Gasteiger partial charge in [-0.1, -0.05) is 37.3 Å². The lowest BCUT2D eigenvalue weighted by Gasteiger charge is -2.37. The number of ether oxygens (including phenoxy) is 1. The molecular formula is C27H30N5O2S+. The number of allylic oxidation sites excluding steroid dienone is 1. The van der Waals surface area contributed by atoms with E-state index in [0.29, 0.717) is 10.7 Å². The highest BCUT2D eigenvalue weighted by molar-refractivity contribution is 7.13. The van der Waals surface area contributed by atoms with Gasteiger partial charge in [0.25, 0.3) is 0 Å². The van der Waals surface area contributed by atoms with Crippen molar-refractivity contribution < 1.29 is 14.1 Å². The minimum atomic E-state index is -0.877. The second kappa shape index (κ2) is 11.2. The van der Waals surface area contributed by atoms with E-state index in [1.165, 1.54) is 11.3 Å². The molecule has 0 amide bonds. The molecule has 2 heterocycles. The Balaban J connectivity index is 1.72. The number of esters is 1. The van der Waals surface area contributed by atoms with E-state index >= 15 is 0 Å². The van der Waals surface area contributed by atoms with E-state index < -0.39 is 5.54 Å². The van der Waals surface area contributed by atoms with Gasteiger partial charge in [0.15, 0.2) is 18.9 Å². The van der Waals surface area contributed by atoms with Crippen LogP contribution < -0.4 is 9.47 Å². The first-order valence-corrected chi connectivity index (χ1v) is 12.6. The SMILES string of the molecule is CCOC(=O)C1=CC(N(CC[n+]2ccccc2)c2ccccc2)=CC(C)C1(C)N=Nc1nccs1. The molecule has 4 rings (SSSR count). The van der Waals surface area contributed by atoms with Gasteiger partial charge >= 0.3 is 5.97 Å². The smallest absolute Gasteiger partial charge is 0.336 e. The molecule has 0 N–H and O–H groups in total. The van der Waals surface area contributed by atoms with Gasteiger partial charge in [0.1, 0.15) is 5.54 Å². The third kappa shape index (κ3) is 5.71. The Morgan fingerprint density at radius 3 is 2.63 bits per heavy atom. The zero-order valence-electron chi connectivity index (χ0n) is 20.2. The van der Waals surface area contributed by atoms with Crippen molar-refractivity contribution in [3.8, 4) is 0 Å². The molecule has 2 atom stereocenters. The van der Waals surface area contributed by atoms with Crippen LogP contribution in [0.1, 0.15) is 20.8 Å². The van der Waals surface area contributed by atoms with E-state index in [1.54, 1.807) is 6.20 Å². The zero-order valence-corrected chi connectivity index (χ0v) is 21.1. The molecule has 0 saturated carbocycles. The van der Waals surface area contributed by atoms with Crippen LogP contribution in [0.25, 0.3) is 0 Å². The summed E-state index contributed by atoms with van der Waals surface area (Å²) in [4.78, 5) is 19.6. The first kappa shape index (κ1) is 24.5. The number of hydrogen-bond donors (Lipinski definition) is 0. The fourth-order valence-corrected chi connectivity index (χ4v) is 4.47. The summed E-state index contributed by atoms with van der Waals surface area (Å²) in [5, 5.41) is 11.4. The maximum atomic E-state index is 13.1. The predicted octanol–water partition coefficient (Wildman–Crippen LogP) is 5.50. The number of nitrogens with zero attached hydrogens (tertiary/aromatic N) is 5. The van der Waals surface area contributed by atoms with Gasteiger partial charge in [-0.25, -0.2) is 14.3 Å². The van der Waals surface area contributed by atoms with Crippen LogP contribution in [0.5, 0.6) is 0 Å². The molecule has 0 fully saturated rings. The summed E-state index contributed by atoms with van der Waals surface area (Å²) in [5.41, 5.74) is 1.59. The average Bonchev–Trinajstić information content (AvgIpc) is 3.40. The van der Waals surface area contributed by atoms with Crippen LogP contribution in [-0.4, -0.2) is 29.6 Å². The number of carbonyl (C=O) groups is 1. The van der Waals surface area contributed by atoms with E-state index in [-0.39, 0.29) is 18.5 Å². The molecule has 3 aromatic rings. The summed E-state index contributed by atoms with van der Waals surface area (Å²) in [7, 11) is 0. The van der Waals surface area contributed by atoms with E-state index in [4.69, 9.17) is 4.74 Å². The lowest BCUT2D eigenvalue weighted by molar-refractivity contribution is -0.694. The van der Waals surface area contributed by atoms with E-state index in [2.05, 4.69) is 62.2 Å². The minimum absolute atomic E-state index is 0.110. The molecule has 0 radical (unpaired) electrons. The van der Waals surface area contributed by atoms with Crippen molar-refractivity contribution >= 4 is 28.1 Å². The number of aromatic nitrogens is 2. The van der Waals surface area contributed by atoms with Crippen molar-refractivity contribution in [2.45, 2.75) is 32.9 Å². The number of rotatable bonds is 9. The Hall–Kier alpha value is -3.65. The quantitative estimate of drug-likeness (QED) is 0.226. The van der Waals surface area contributed by atoms with Gasteiger partial charge < -0.3 is 9.64 Å². The van der Waals surface area contributed by atoms with Gasteiger partial charge in [-0.2, -0.15) is 5.11 Å². The summed E-state index contributed by atoms with van der Waals surface area (Å²) in [6.45, 7) is 7.59. The molecule has 2 aromatic heterocycles. The van der Waals surface area contributed by atoms with Crippen molar-refractivity contribution in [2.75, 3.05) is 18.1 Å². The molecule has 0 saturated heterocycles. The maximum Gasteiger partial charge on any atom is 0.336 e. The molecule has 35 heavy (non-hydrogen) atoms. The number of carbonyl (C=O) groups excluding carboxylic acids is 1. The molecular weight excluding hydrogens is 458 g/mol. The van der Waals surface area contributed by atoms with E-state index in [1.807, 2.05) is 61.7 Å². The molecule has 1 aliphatic rings. The molecule has 8 heteroatoms. The summed E-state index contributed by atoms with van der Waals surface area (Å²) in [6.07, 6.45) is 9.86. The number of pyridine rings is 1. The van der Waals surface area contributed by atoms with Crippen LogP contribution >= 0.6 is 11.3 Å². The van der Waals surface area contributed by atoms with Gasteiger partial charge in [0.05, 0.1) is 18.7 Å². The minimum Gasteiger partial charge on any atom is -0.463 e. The number of azo groups is 1. The number of benzene rings is 1. The van der Waals surface area contributed by atoms with Crippen molar-refractivity contribution in [3.05, 3.63) is 95.9 Å². The lowest BCUT2D eigenvalue weighted by atomic mass is 9.76. The Labute approximate surface area is 210 Å². The molecule has 1 aliphatic carbocycles. The average molecular weight is 489 g/mol. The van der Waals surface area contributed by atoms with Crippen LogP contribution in [0.3, 0.4) is 0 Å². The highest BCUT2D eigenvalue weighted by Gasteiger charge is 2.42. The third-order valence-corrected chi connectivity index (χ3v) is 6.80. The number of para-hydroxylation sites is 1. The van der Waals surface area contributed by atoms with Crippen LogP contribution in [0.15, 0.2) is 106 Å². The molecule has 0 bridgehead atoms. The summed E-state index contributed by atoms with van der Waals surface area (Å²) >= 11 is 1.41. The Kier molecular flexibility index (Phi) is 7.82. The second-order valence-electron chi connectivity index (χ2n) is 8.42. The lowest BCUT2D eigenvalue weighted by Crippen LogP contribution is -2.43. The zero-order chi connectivity index (χ0) is 24.7. The standard InChI is InChI=1S/C27H30N5O2S/c1-4-34-25(33)24-20-23(19-21(2)27(24,3)30-29-26-28-13-18-35-26)32(22-11-7-5-8-12-22)17-16-31-14-9-6-10-15-31/h5-15,18-21H,4,16-17H2,1-3H3/q+1. The second-order valence-corrected chi connectivity index (χ2v) is 9.29. The number of anilines is 1. The number of thiazole rings is 1. The topological polar surface area (TPSA) is 71.0 Å². The molecule has 7 nitrogen and oxygen atoms in total. The molecule has 0 aliphatic heterocycles. The van der Waals surface area contributed by atoms with E-state index in [0.717, 1.165) is 24.5 Å². The van der Waals surface area contributed by atoms with Gasteiger partial charge in [-0.05, 0) is 32.1 Å². The van der Waals surface area contributed by atoms with Gasteiger partial charge in [0, 0.05) is 41.0 Å². The van der Waals surface area contributed by atoms with E-state index in [9.17, 15) is 4.79 Å². The Bertz CT molecular complexity index is 1210. The first-order valence-electron chi connectivity index (χ1n) is 11.7. The number of hydrogen-bond acceptors (Lipinski definition) is 7. The molecule has 2 unspecified atom stereocenters. The van der Waals surface area contributed by atoms with Gasteiger partial charge in [0.2, 0.25) is 5.13 Å².